The van der Waals surface area contributed by atoms with Crippen molar-refractivity contribution in [2.45, 2.75) is 0 Å². The van der Waals surface area contributed by atoms with Crippen molar-refractivity contribution < 1.29 is 9.53 Å². The second-order valence-electron chi connectivity index (χ2n) is 4.97. The van der Waals surface area contributed by atoms with Crippen LogP contribution in [-0.4, -0.2) is 18.0 Å². The topological polar surface area (TPSA) is 51.2 Å². The molecule has 0 unspecified atom stereocenters. The second-order valence-corrected chi connectivity index (χ2v) is 5.83. The Labute approximate surface area is 144 Å². The zero-order chi connectivity index (χ0) is 16.8. The van der Waals surface area contributed by atoms with Gasteiger partial charge in [0, 0.05) is 17.0 Å². The Morgan fingerprint density at radius 1 is 1.12 bits per heavy atom. The van der Waals surface area contributed by atoms with E-state index < -0.39 is 0 Å². The molecule has 5 heteroatoms. The fraction of sp³-hybridized carbons (Fsp3) is 0.0526. The van der Waals surface area contributed by atoms with Crippen LogP contribution in [0.3, 0.4) is 0 Å². The van der Waals surface area contributed by atoms with E-state index in [2.05, 4.69) is 10.3 Å². The highest BCUT2D eigenvalue weighted by Crippen LogP contribution is 2.31. The van der Waals surface area contributed by atoms with E-state index in [1.165, 1.54) is 17.4 Å². The summed E-state index contributed by atoms with van der Waals surface area (Å²) in [5.41, 5.74) is 2.65. The molecule has 24 heavy (non-hydrogen) atoms. The number of nitrogens with zero attached hydrogens (tertiary/aromatic N) is 1. The lowest BCUT2D eigenvalue weighted by molar-refractivity contribution is -0.111. The fourth-order valence-electron chi connectivity index (χ4n) is 2.19. The summed E-state index contributed by atoms with van der Waals surface area (Å²) < 4.78 is 5.34. The summed E-state index contributed by atoms with van der Waals surface area (Å²) in [5, 5.41) is 5.23. The van der Waals surface area contributed by atoms with E-state index in [1.54, 1.807) is 13.2 Å². The van der Waals surface area contributed by atoms with Crippen molar-refractivity contribution >= 4 is 28.5 Å². The standard InChI is InChI=1S/C19H16N2O2S/c1-23-17-10-6-5-9-15(17)16-13-24-19(20-16)21-18(22)12-11-14-7-3-2-4-8-14/h2-13H,1H3,(H,20,21,22). The molecule has 2 aromatic carbocycles. The summed E-state index contributed by atoms with van der Waals surface area (Å²) in [4.78, 5) is 16.5. The van der Waals surface area contributed by atoms with Crippen LogP contribution in [0, 0.1) is 0 Å². The average molecular weight is 336 g/mol. The van der Waals surface area contributed by atoms with Gasteiger partial charge in [-0.05, 0) is 23.8 Å². The van der Waals surface area contributed by atoms with Crippen molar-refractivity contribution in [2.75, 3.05) is 12.4 Å². The normalized spacial score (nSPS) is 10.7. The first-order valence-electron chi connectivity index (χ1n) is 7.39. The van der Waals surface area contributed by atoms with Crippen molar-refractivity contribution in [2.24, 2.45) is 0 Å². The van der Waals surface area contributed by atoms with Crippen molar-refractivity contribution in [3.05, 3.63) is 71.6 Å². The van der Waals surface area contributed by atoms with Gasteiger partial charge < -0.3 is 4.74 Å². The van der Waals surface area contributed by atoms with Crippen LogP contribution in [0.5, 0.6) is 5.75 Å². The Morgan fingerprint density at radius 3 is 2.67 bits per heavy atom. The number of aromatic nitrogens is 1. The third-order valence-corrected chi connectivity index (χ3v) is 4.10. The van der Waals surface area contributed by atoms with Gasteiger partial charge in [-0.15, -0.1) is 11.3 Å². The number of para-hydroxylation sites is 1. The Morgan fingerprint density at radius 2 is 1.88 bits per heavy atom. The largest absolute Gasteiger partial charge is 0.496 e. The van der Waals surface area contributed by atoms with Crippen molar-refractivity contribution in [1.82, 2.24) is 4.98 Å². The molecule has 0 aliphatic heterocycles. The lowest BCUT2D eigenvalue weighted by Crippen LogP contribution is -2.07. The van der Waals surface area contributed by atoms with Gasteiger partial charge in [-0.3, -0.25) is 10.1 Å². The van der Waals surface area contributed by atoms with E-state index in [1.807, 2.05) is 60.0 Å². The van der Waals surface area contributed by atoms with E-state index in [0.717, 1.165) is 22.6 Å². The number of anilines is 1. The molecule has 0 spiro atoms. The molecule has 3 rings (SSSR count). The van der Waals surface area contributed by atoms with E-state index in [-0.39, 0.29) is 5.91 Å². The highest BCUT2D eigenvalue weighted by molar-refractivity contribution is 7.14. The number of hydrogen-bond acceptors (Lipinski definition) is 4. The summed E-state index contributed by atoms with van der Waals surface area (Å²) in [6, 6.07) is 17.3. The highest BCUT2D eigenvalue weighted by Gasteiger charge is 2.10. The van der Waals surface area contributed by atoms with E-state index in [9.17, 15) is 4.79 Å². The Bertz CT molecular complexity index is 857. The molecule has 1 amide bonds. The zero-order valence-electron chi connectivity index (χ0n) is 13.1. The summed E-state index contributed by atoms with van der Waals surface area (Å²) in [5.74, 6) is 0.546. The van der Waals surface area contributed by atoms with E-state index >= 15 is 0 Å². The lowest BCUT2D eigenvalue weighted by Gasteiger charge is -2.04. The minimum atomic E-state index is -0.209. The molecule has 1 heterocycles. The second kappa shape index (κ2) is 7.57. The minimum Gasteiger partial charge on any atom is -0.496 e. The maximum absolute atomic E-state index is 12.0. The number of thiazole rings is 1. The maximum Gasteiger partial charge on any atom is 0.250 e. The predicted octanol–water partition coefficient (Wildman–Crippen LogP) is 4.47. The van der Waals surface area contributed by atoms with Crippen LogP contribution in [0.1, 0.15) is 5.56 Å². The third kappa shape index (κ3) is 3.88. The summed E-state index contributed by atoms with van der Waals surface area (Å²) in [7, 11) is 1.63. The van der Waals surface area contributed by atoms with Gasteiger partial charge in [-0.2, -0.15) is 0 Å². The number of methoxy groups -OCH3 is 1. The van der Waals surface area contributed by atoms with Crippen LogP contribution in [-0.2, 0) is 4.79 Å². The molecule has 120 valence electrons. The molecule has 4 nitrogen and oxygen atoms in total. The molecule has 0 atom stereocenters. The number of ether oxygens (including phenoxy) is 1. The average Bonchev–Trinajstić information content (AvgIpc) is 3.09. The van der Waals surface area contributed by atoms with Crippen molar-refractivity contribution in [3.63, 3.8) is 0 Å². The van der Waals surface area contributed by atoms with Crippen LogP contribution in [0.15, 0.2) is 66.1 Å². The number of amides is 1. The first-order valence-corrected chi connectivity index (χ1v) is 8.27. The predicted molar refractivity (Wildman–Crippen MR) is 98.2 cm³/mol. The van der Waals surface area contributed by atoms with Gasteiger partial charge >= 0.3 is 0 Å². The van der Waals surface area contributed by atoms with Gasteiger partial charge in [-0.25, -0.2) is 4.98 Å². The van der Waals surface area contributed by atoms with Crippen LogP contribution in [0.4, 0.5) is 5.13 Å². The molecular weight excluding hydrogens is 320 g/mol. The molecule has 0 aliphatic carbocycles. The van der Waals surface area contributed by atoms with Gasteiger partial charge in [0.05, 0.1) is 12.8 Å². The van der Waals surface area contributed by atoms with E-state index in [0.29, 0.717) is 5.13 Å². The van der Waals surface area contributed by atoms with Gasteiger partial charge in [0.2, 0.25) is 5.91 Å². The van der Waals surface area contributed by atoms with Gasteiger partial charge in [-0.1, -0.05) is 42.5 Å². The minimum absolute atomic E-state index is 0.209. The molecule has 0 saturated carbocycles. The molecular formula is C19H16N2O2S. The van der Waals surface area contributed by atoms with Crippen molar-refractivity contribution in [1.29, 1.82) is 0 Å². The zero-order valence-corrected chi connectivity index (χ0v) is 13.9. The fourth-order valence-corrected chi connectivity index (χ4v) is 2.91. The third-order valence-electron chi connectivity index (χ3n) is 3.34. The number of rotatable bonds is 5. The van der Waals surface area contributed by atoms with Crippen LogP contribution in [0.25, 0.3) is 17.3 Å². The molecule has 1 N–H and O–H groups in total. The van der Waals surface area contributed by atoms with Crippen molar-refractivity contribution in [3.8, 4) is 17.0 Å². The first kappa shape index (κ1) is 16.0. The molecule has 3 aromatic rings. The molecule has 1 aromatic heterocycles. The van der Waals surface area contributed by atoms with Crippen LogP contribution < -0.4 is 10.1 Å². The summed E-state index contributed by atoms with van der Waals surface area (Å²) >= 11 is 1.38. The number of carbonyl (C=O) groups excluding carboxylic acids is 1. The molecule has 0 radical (unpaired) electrons. The van der Waals surface area contributed by atoms with Crippen LogP contribution >= 0.6 is 11.3 Å². The number of carbonyl (C=O) groups is 1. The Kier molecular flexibility index (Phi) is 5.03. The SMILES string of the molecule is COc1ccccc1-c1csc(NC(=O)C=Cc2ccccc2)n1. The van der Waals surface area contributed by atoms with E-state index in [4.69, 9.17) is 4.74 Å². The summed E-state index contributed by atoms with van der Waals surface area (Å²) in [6.07, 6.45) is 3.27. The highest BCUT2D eigenvalue weighted by atomic mass is 32.1. The number of nitrogens with one attached hydrogen (secondary N) is 1. The molecule has 0 bridgehead atoms. The molecule has 0 aliphatic rings. The van der Waals surface area contributed by atoms with Gasteiger partial charge in [0.1, 0.15) is 5.75 Å². The first-order chi connectivity index (χ1) is 11.8. The lowest BCUT2D eigenvalue weighted by atomic mass is 10.1. The van der Waals surface area contributed by atoms with Crippen LogP contribution in [0.2, 0.25) is 0 Å². The monoisotopic (exact) mass is 336 g/mol. The number of hydrogen-bond donors (Lipinski definition) is 1. The molecule has 0 fully saturated rings. The summed E-state index contributed by atoms with van der Waals surface area (Å²) in [6.45, 7) is 0. The quantitative estimate of drug-likeness (QED) is 0.699. The maximum atomic E-state index is 12.0. The molecule has 0 saturated heterocycles. The Hall–Kier alpha value is -2.92. The Balaban J connectivity index is 1.70. The van der Waals surface area contributed by atoms with Gasteiger partial charge in [0.15, 0.2) is 5.13 Å². The number of benzene rings is 2. The van der Waals surface area contributed by atoms with Gasteiger partial charge in [0.25, 0.3) is 0 Å². The smallest absolute Gasteiger partial charge is 0.250 e.